The number of carbonyl (C=O) groups excluding carboxylic acids is 1. The summed E-state index contributed by atoms with van der Waals surface area (Å²) in [4.78, 5) is 12.5. The van der Waals surface area contributed by atoms with E-state index in [1.54, 1.807) is 6.08 Å². The van der Waals surface area contributed by atoms with Crippen molar-refractivity contribution in [2.75, 3.05) is 0 Å². The first kappa shape index (κ1) is 12.9. The third-order valence-electron chi connectivity index (χ3n) is 1.67. The van der Waals surface area contributed by atoms with Gasteiger partial charge in [0.1, 0.15) is 11.6 Å². The van der Waals surface area contributed by atoms with E-state index in [0.717, 1.165) is 8.66 Å². The van der Waals surface area contributed by atoms with Gasteiger partial charge in [0.05, 0.1) is 3.79 Å². The van der Waals surface area contributed by atoms with Gasteiger partial charge in [0.2, 0.25) is 0 Å². The normalized spacial score (nSPS) is 11.3. The third-order valence-corrected chi connectivity index (χ3v) is 3.24. The molecule has 0 fully saturated rings. The molecule has 0 saturated carbocycles. The van der Waals surface area contributed by atoms with Crippen LogP contribution in [0.4, 0.5) is 0 Å². The Balaban J connectivity index is 2.87. The smallest absolute Gasteiger partial charge is 0.262 e. The molecular weight excluding hydrogens is 288 g/mol. The molecule has 0 spiro atoms. The molecule has 0 aliphatic rings. The van der Waals surface area contributed by atoms with Crippen LogP contribution in [0.3, 0.4) is 0 Å². The van der Waals surface area contributed by atoms with Crippen molar-refractivity contribution >= 4 is 39.2 Å². The first-order chi connectivity index (χ1) is 7.52. The van der Waals surface area contributed by atoms with Crippen LogP contribution in [-0.2, 0) is 4.79 Å². The highest BCUT2D eigenvalue weighted by Gasteiger charge is 2.10. The largest absolute Gasteiger partial charge is 0.349 e. The Morgan fingerprint density at radius 1 is 1.62 bits per heavy atom. The average molecular weight is 299 g/mol. The fourth-order valence-corrected chi connectivity index (χ4v) is 2.40. The molecule has 0 aliphatic carbocycles. The fourth-order valence-electron chi connectivity index (χ4n) is 1.04. The molecule has 0 bridgehead atoms. The van der Waals surface area contributed by atoms with Gasteiger partial charge in [-0.05, 0) is 48.0 Å². The van der Waals surface area contributed by atoms with Gasteiger partial charge in [-0.1, -0.05) is 0 Å². The van der Waals surface area contributed by atoms with E-state index in [0.29, 0.717) is 0 Å². The van der Waals surface area contributed by atoms with Crippen molar-refractivity contribution in [1.29, 1.82) is 5.26 Å². The van der Waals surface area contributed by atoms with Crippen molar-refractivity contribution in [3.8, 4) is 6.07 Å². The van der Waals surface area contributed by atoms with Gasteiger partial charge in [-0.15, -0.1) is 11.3 Å². The Bertz CT molecular complexity index is 457. The maximum Gasteiger partial charge on any atom is 0.262 e. The quantitative estimate of drug-likeness (QED) is 0.689. The summed E-state index contributed by atoms with van der Waals surface area (Å²) in [6.07, 6.45) is 1.59. The second-order valence-electron chi connectivity index (χ2n) is 3.44. The first-order valence-electron chi connectivity index (χ1n) is 4.71. The molecule has 1 N–H and O–H groups in total. The Hall–Kier alpha value is -1.12. The van der Waals surface area contributed by atoms with Gasteiger partial charge in [-0.25, -0.2) is 0 Å². The maximum absolute atomic E-state index is 11.6. The van der Waals surface area contributed by atoms with Gasteiger partial charge in [0.25, 0.3) is 5.91 Å². The highest BCUT2D eigenvalue weighted by atomic mass is 79.9. The molecule has 16 heavy (non-hydrogen) atoms. The monoisotopic (exact) mass is 298 g/mol. The van der Waals surface area contributed by atoms with Gasteiger partial charge in [-0.3, -0.25) is 4.79 Å². The molecule has 3 nitrogen and oxygen atoms in total. The molecule has 1 aromatic rings. The minimum Gasteiger partial charge on any atom is -0.349 e. The lowest BCUT2D eigenvalue weighted by atomic mass is 10.2. The lowest BCUT2D eigenvalue weighted by Crippen LogP contribution is -2.30. The van der Waals surface area contributed by atoms with E-state index in [4.69, 9.17) is 5.26 Å². The number of rotatable bonds is 3. The number of nitrogens with one attached hydrogen (secondary N) is 1. The van der Waals surface area contributed by atoms with E-state index < -0.39 is 0 Å². The number of hydrogen-bond acceptors (Lipinski definition) is 3. The van der Waals surface area contributed by atoms with E-state index in [1.807, 2.05) is 32.0 Å². The summed E-state index contributed by atoms with van der Waals surface area (Å²) < 4.78 is 0.973. The van der Waals surface area contributed by atoms with Crippen molar-refractivity contribution in [3.05, 3.63) is 26.4 Å². The minimum atomic E-state index is -0.331. The Morgan fingerprint density at radius 3 is 2.75 bits per heavy atom. The lowest BCUT2D eigenvalue weighted by molar-refractivity contribution is -0.117. The van der Waals surface area contributed by atoms with Crippen LogP contribution in [0.5, 0.6) is 0 Å². The molecule has 1 aromatic heterocycles. The van der Waals surface area contributed by atoms with Crippen molar-refractivity contribution < 1.29 is 4.79 Å². The molecule has 0 saturated heterocycles. The molecule has 5 heteroatoms. The van der Waals surface area contributed by atoms with E-state index in [2.05, 4.69) is 21.2 Å². The summed E-state index contributed by atoms with van der Waals surface area (Å²) in [6.45, 7) is 3.71. The Morgan fingerprint density at radius 2 is 2.31 bits per heavy atom. The third kappa shape index (κ3) is 3.80. The van der Waals surface area contributed by atoms with Crippen molar-refractivity contribution in [2.45, 2.75) is 19.9 Å². The number of nitrogens with zero attached hydrogens (tertiary/aromatic N) is 1. The Kier molecular flexibility index (Phi) is 4.71. The number of nitriles is 1. The van der Waals surface area contributed by atoms with E-state index >= 15 is 0 Å². The lowest BCUT2D eigenvalue weighted by Gasteiger charge is -2.06. The van der Waals surface area contributed by atoms with Crippen LogP contribution < -0.4 is 5.32 Å². The summed E-state index contributed by atoms with van der Waals surface area (Å²) >= 11 is 4.80. The first-order valence-corrected chi connectivity index (χ1v) is 6.32. The highest BCUT2D eigenvalue weighted by Crippen LogP contribution is 2.24. The molecule has 84 valence electrons. The summed E-state index contributed by atoms with van der Waals surface area (Å²) in [5.74, 6) is -0.331. The van der Waals surface area contributed by atoms with E-state index in [-0.39, 0.29) is 17.5 Å². The van der Waals surface area contributed by atoms with Gasteiger partial charge >= 0.3 is 0 Å². The molecule has 0 unspecified atom stereocenters. The number of thiophene rings is 1. The van der Waals surface area contributed by atoms with Crippen LogP contribution in [0.2, 0.25) is 0 Å². The second-order valence-corrected chi connectivity index (χ2v) is 5.93. The SMILES string of the molecule is CC(C)NC(=O)/C(C#N)=C\c1ccc(Br)s1. The molecular formula is C11H11BrN2OS. The van der Waals surface area contributed by atoms with Crippen molar-refractivity contribution in [3.63, 3.8) is 0 Å². The number of carbonyl (C=O) groups is 1. The van der Waals surface area contributed by atoms with Gasteiger partial charge in [-0.2, -0.15) is 5.26 Å². The predicted molar refractivity (Wildman–Crippen MR) is 68.9 cm³/mol. The molecule has 0 aliphatic heterocycles. The van der Waals surface area contributed by atoms with Gasteiger partial charge in [0.15, 0.2) is 0 Å². The molecule has 0 atom stereocenters. The second kappa shape index (κ2) is 5.83. The molecule has 1 amide bonds. The van der Waals surface area contributed by atoms with Crippen molar-refractivity contribution in [2.24, 2.45) is 0 Å². The van der Waals surface area contributed by atoms with Crippen LogP contribution in [0.15, 0.2) is 21.5 Å². The summed E-state index contributed by atoms with van der Waals surface area (Å²) in [6, 6.07) is 5.67. The topological polar surface area (TPSA) is 52.9 Å². The number of hydrogen-bond donors (Lipinski definition) is 1. The molecule has 0 aromatic carbocycles. The molecule has 0 radical (unpaired) electrons. The van der Waals surface area contributed by atoms with Crippen LogP contribution >= 0.6 is 27.3 Å². The number of halogens is 1. The van der Waals surface area contributed by atoms with Crippen LogP contribution in [0.1, 0.15) is 18.7 Å². The average Bonchev–Trinajstić information content (AvgIpc) is 2.59. The fraction of sp³-hybridized carbons (Fsp3) is 0.273. The van der Waals surface area contributed by atoms with Crippen molar-refractivity contribution in [1.82, 2.24) is 5.32 Å². The summed E-state index contributed by atoms with van der Waals surface area (Å²) in [7, 11) is 0. The van der Waals surface area contributed by atoms with Crippen LogP contribution in [0.25, 0.3) is 6.08 Å². The maximum atomic E-state index is 11.6. The van der Waals surface area contributed by atoms with Gasteiger partial charge in [0, 0.05) is 10.9 Å². The van der Waals surface area contributed by atoms with E-state index in [1.165, 1.54) is 11.3 Å². The predicted octanol–water partition coefficient (Wildman–Crippen LogP) is 2.94. The van der Waals surface area contributed by atoms with Gasteiger partial charge < -0.3 is 5.32 Å². The Labute approximate surface area is 107 Å². The zero-order chi connectivity index (χ0) is 12.1. The molecule has 1 heterocycles. The highest BCUT2D eigenvalue weighted by molar-refractivity contribution is 9.11. The number of amides is 1. The summed E-state index contributed by atoms with van der Waals surface area (Å²) in [5, 5.41) is 11.6. The van der Waals surface area contributed by atoms with E-state index in [9.17, 15) is 4.79 Å². The zero-order valence-corrected chi connectivity index (χ0v) is 11.4. The van der Waals surface area contributed by atoms with Crippen LogP contribution in [0, 0.1) is 11.3 Å². The van der Waals surface area contributed by atoms with Crippen LogP contribution in [-0.4, -0.2) is 11.9 Å². The zero-order valence-electron chi connectivity index (χ0n) is 8.95. The standard InChI is InChI=1S/C11H11BrN2OS/c1-7(2)14-11(15)8(6-13)5-9-3-4-10(12)16-9/h3-5,7H,1-2H3,(H,14,15)/b8-5-. The summed E-state index contributed by atoms with van der Waals surface area (Å²) in [5.41, 5.74) is 0.128. The molecule has 1 rings (SSSR count). The minimum absolute atomic E-state index is 0.0271.